The molecule has 6 heteroatoms. The molecule has 2 N–H and O–H groups in total. The lowest BCUT2D eigenvalue weighted by atomic mass is 9.92. The van der Waals surface area contributed by atoms with Gasteiger partial charge < -0.3 is 15.2 Å². The molecule has 0 aliphatic carbocycles. The van der Waals surface area contributed by atoms with Gasteiger partial charge in [-0.1, -0.05) is 23.2 Å². The highest BCUT2D eigenvalue weighted by atomic mass is 35.5. The fraction of sp³-hybridized carbons (Fsp3) is 0.500. The van der Waals surface area contributed by atoms with Crippen LogP contribution in [-0.4, -0.2) is 32.0 Å². The average Bonchev–Trinajstić information content (AvgIpc) is 2.34. The summed E-state index contributed by atoms with van der Waals surface area (Å²) in [5.74, 6) is -0.565. The largest absolute Gasteiger partial charge is 0.394 e. The molecule has 18 heavy (non-hydrogen) atoms. The van der Waals surface area contributed by atoms with E-state index < -0.39 is 11.4 Å². The van der Waals surface area contributed by atoms with Crippen molar-refractivity contribution in [1.29, 1.82) is 0 Å². The molecule has 102 valence electrons. The van der Waals surface area contributed by atoms with Gasteiger partial charge in [0, 0.05) is 18.7 Å². The van der Waals surface area contributed by atoms with Crippen molar-refractivity contribution in [3.05, 3.63) is 33.6 Å². The van der Waals surface area contributed by atoms with Gasteiger partial charge in [0.25, 0.3) is 0 Å². The minimum atomic E-state index is -0.846. The molecule has 0 aliphatic heterocycles. The van der Waals surface area contributed by atoms with Gasteiger partial charge in [-0.3, -0.25) is 0 Å². The number of nitrogens with one attached hydrogen (secondary N) is 1. The fourth-order valence-corrected chi connectivity index (χ4v) is 2.20. The Morgan fingerprint density at radius 3 is 2.61 bits per heavy atom. The SMILES string of the molecule is COCCNC(C)(CO)c1cc(F)c(Cl)cc1Cl. The van der Waals surface area contributed by atoms with Gasteiger partial charge in [0.2, 0.25) is 0 Å². The van der Waals surface area contributed by atoms with Crippen LogP contribution in [0, 0.1) is 5.82 Å². The van der Waals surface area contributed by atoms with Gasteiger partial charge in [-0.25, -0.2) is 4.39 Å². The molecule has 0 amide bonds. The maximum atomic E-state index is 13.5. The van der Waals surface area contributed by atoms with Crippen molar-refractivity contribution in [3.63, 3.8) is 0 Å². The minimum Gasteiger partial charge on any atom is -0.394 e. The maximum Gasteiger partial charge on any atom is 0.142 e. The predicted molar refractivity (Wildman–Crippen MR) is 70.7 cm³/mol. The second-order valence-electron chi connectivity index (χ2n) is 4.16. The lowest BCUT2D eigenvalue weighted by Crippen LogP contribution is -2.44. The van der Waals surface area contributed by atoms with Crippen LogP contribution in [0.15, 0.2) is 12.1 Å². The molecule has 1 rings (SSSR count). The zero-order chi connectivity index (χ0) is 13.8. The third kappa shape index (κ3) is 3.56. The molecule has 0 bridgehead atoms. The monoisotopic (exact) mass is 295 g/mol. The van der Waals surface area contributed by atoms with Crippen LogP contribution < -0.4 is 5.32 Å². The molecule has 0 saturated heterocycles. The Balaban J connectivity index is 3.03. The Hall–Kier alpha value is -0.390. The second kappa shape index (κ2) is 6.68. The second-order valence-corrected chi connectivity index (χ2v) is 4.97. The molecule has 0 radical (unpaired) electrons. The Morgan fingerprint density at radius 2 is 2.06 bits per heavy atom. The highest BCUT2D eigenvalue weighted by molar-refractivity contribution is 6.35. The van der Waals surface area contributed by atoms with E-state index in [-0.39, 0.29) is 11.6 Å². The first-order valence-electron chi connectivity index (χ1n) is 5.44. The number of aliphatic hydroxyl groups excluding tert-OH is 1. The van der Waals surface area contributed by atoms with Crippen LogP contribution >= 0.6 is 23.2 Å². The zero-order valence-electron chi connectivity index (χ0n) is 10.3. The van der Waals surface area contributed by atoms with Gasteiger partial charge in [-0.2, -0.15) is 0 Å². The van der Waals surface area contributed by atoms with E-state index in [0.29, 0.717) is 23.7 Å². The summed E-state index contributed by atoms with van der Waals surface area (Å²) in [6.07, 6.45) is 0. The average molecular weight is 296 g/mol. The Kier molecular flexibility index (Phi) is 5.82. The van der Waals surface area contributed by atoms with Crippen molar-refractivity contribution in [2.45, 2.75) is 12.5 Å². The molecular weight excluding hydrogens is 280 g/mol. The summed E-state index contributed by atoms with van der Waals surface area (Å²) in [5.41, 5.74) is -0.384. The number of benzene rings is 1. The van der Waals surface area contributed by atoms with Crippen molar-refractivity contribution in [2.75, 3.05) is 26.9 Å². The topological polar surface area (TPSA) is 41.5 Å². The third-order valence-electron chi connectivity index (χ3n) is 2.74. The molecule has 1 aromatic rings. The molecule has 1 aromatic carbocycles. The number of halogens is 3. The lowest BCUT2D eigenvalue weighted by molar-refractivity contribution is 0.148. The number of hydrogen-bond donors (Lipinski definition) is 2. The highest BCUT2D eigenvalue weighted by Gasteiger charge is 2.28. The van der Waals surface area contributed by atoms with Crippen molar-refractivity contribution >= 4 is 23.2 Å². The summed E-state index contributed by atoms with van der Waals surface area (Å²) in [5, 5.41) is 12.9. The summed E-state index contributed by atoms with van der Waals surface area (Å²) >= 11 is 11.7. The summed E-state index contributed by atoms with van der Waals surface area (Å²) < 4.78 is 18.4. The molecule has 1 unspecified atom stereocenters. The Morgan fingerprint density at radius 1 is 1.39 bits per heavy atom. The van der Waals surface area contributed by atoms with Crippen LogP contribution in [0.1, 0.15) is 12.5 Å². The van der Waals surface area contributed by atoms with Crippen molar-refractivity contribution in [3.8, 4) is 0 Å². The van der Waals surface area contributed by atoms with Crippen molar-refractivity contribution in [1.82, 2.24) is 5.32 Å². The predicted octanol–water partition coefficient (Wildman–Crippen LogP) is 2.58. The number of rotatable bonds is 6. The zero-order valence-corrected chi connectivity index (χ0v) is 11.8. The summed E-state index contributed by atoms with van der Waals surface area (Å²) in [6, 6.07) is 2.57. The number of methoxy groups -OCH3 is 1. The van der Waals surface area contributed by atoms with E-state index >= 15 is 0 Å². The van der Waals surface area contributed by atoms with Crippen LogP contribution in [0.2, 0.25) is 10.0 Å². The third-order valence-corrected chi connectivity index (χ3v) is 3.34. The van der Waals surface area contributed by atoms with E-state index in [1.54, 1.807) is 14.0 Å². The first kappa shape index (κ1) is 15.7. The maximum absolute atomic E-state index is 13.5. The van der Waals surface area contributed by atoms with Gasteiger partial charge in [-0.05, 0) is 24.6 Å². The number of hydrogen-bond acceptors (Lipinski definition) is 3. The smallest absolute Gasteiger partial charge is 0.142 e. The summed E-state index contributed by atoms with van der Waals surface area (Å²) in [4.78, 5) is 0. The quantitative estimate of drug-likeness (QED) is 0.626. The van der Waals surface area contributed by atoms with E-state index in [1.165, 1.54) is 12.1 Å². The highest BCUT2D eigenvalue weighted by Crippen LogP contribution is 2.31. The molecular formula is C12H16Cl2FNO2. The van der Waals surface area contributed by atoms with Gasteiger partial charge in [-0.15, -0.1) is 0 Å². The summed E-state index contributed by atoms with van der Waals surface area (Å²) in [7, 11) is 1.58. The van der Waals surface area contributed by atoms with Gasteiger partial charge in [0.1, 0.15) is 5.82 Å². The number of ether oxygens (including phenoxy) is 1. The van der Waals surface area contributed by atoms with E-state index in [2.05, 4.69) is 5.32 Å². The molecule has 0 aromatic heterocycles. The molecule has 0 aliphatic rings. The first-order chi connectivity index (χ1) is 8.44. The van der Waals surface area contributed by atoms with Crippen LogP contribution in [-0.2, 0) is 10.3 Å². The Labute approximate surface area is 116 Å². The standard InChI is InChI=1S/C12H16Cl2FNO2/c1-12(7-17,16-3-4-18-2)8-5-11(15)10(14)6-9(8)13/h5-6,16-17H,3-4,7H2,1-2H3. The molecule has 3 nitrogen and oxygen atoms in total. The minimum absolute atomic E-state index is 0.0408. The van der Waals surface area contributed by atoms with E-state index in [0.717, 1.165) is 0 Å². The van der Waals surface area contributed by atoms with Crippen LogP contribution in [0.5, 0.6) is 0 Å². The summed E-state index contributed by atoms with van der Waals surface area (Å²) in [6.45, 7) is 2.49. The molecule has 0 saturated carbocycles. The van der Waals surface area contributed by atoms with Crippen LogP contribution in [0.25, 0.3) is 0 Å². The molecule has 0 spiro atoms. The fourth-order valence-electron chi connectivity index (χ4n) is 1.61. The molecule has 0 fully saturated rings. The van der Waals surface area contributed by atoms with Crippen molar-refractivity contribution < 1.29 is 14.2 Å². The Bertz CT molecular complexity index is 417. The first-order valence-corrected chi connectivity index (χ1v) is 6.20. The normalized spacial score (nSPS) is 14.6. The van der Waals surface area contributed by atoms with Gasteiger partial charge >= 0.3 is 0 Å². The van der Waals surface area contributed by atoms with Gasteiger partial charge in [0.15, 0.2) is 0 Å². The molecule has 1 atom stereocenters. The van der Waals surface area contributed by atoms with Gasteiger partial charge in [0.05, 0.1) is 23.8 Å². The van der Waals surface area contributed by atoms with E-state index in [9.17, 15) is 9.50 Å². The van der Waals surface area contributed by atoms with Crippen LogP contribution in [0.4, 0.5) is 4.39 Å². The van der Waals surface area contributed by atoms with E-state index in [4.69, 9.17) is 27.9 Å². The van der Waals surface area contributed by atoms with Crippen molar-refractivity contribution in [2.24, 2.45) is 0 Å². The molecule has 0 heterocycles. The van der Waals surface area contributed by atoms with Crippen LogP contribution in [0.3, 0.4) is 0 Å². The lowest BCUT2D eigenvalue weighted by Gasteiger charge is -2.30. The van der Waals surface area contributed by atoms with E-state index in [1.807, 2.05) is 0 Å². The number of aliphatic hydroxyl groups is 1.